The Balaban J connectivity index is 1.85. The number of rotatable bonds is 5. The number of carbonyl (C=O) groups is 3. The quantitative estimate of drug-likeness (QED) is 0.765. The monoisotopic (exact) mass is 330 g/mol. The minimum absolute atomic E-state index is 0.0693. The predicted octanol–water partition coefficient (Wildman–Crippen LogP) is 0.526. The Morgan fingerprint density at radius 2 is 2.08 bits per heavy atom. The number of nitrogens with one attached hydrogen (secondary N) is 2. The number of benzene rings is 1. The molecule has 126 valence electrons. The Labute approximate surface area is 139 Å². The smallest absolute Gasteiger partial charge is 0.315 e. The maximum atomic E-state index is 12.4. The van der Waals surface area contributed by atoms with E-state index in [0.717, 1.165) is 0 Å². The molecule has 1 heterocycles. The molecular formula is C16H18N4O4. The topological polar surface area (TPSA) is 112 Å². The highest BCUT2D eigenvalue weighted by molar-refractivity contribution is 6.01. The van der Waals surface area contributed by atoms with Crippen molar-refractivity contribution in [1.82, 2.24) is 10.6 Å². The Morgan fingerprint density at radius 3 is 2.71 bits per heavy atom. The van der Waals surface area contributed by atoms with E-state index >= 15 is 0 Å². The molecule has 0 spiro atoms. The molecule has 24 heavy (non-hydrogen) atoms. The van der Waals surface area contributed by atoms with E-state index in [2.05, 4.69) is 15.4 Å². The number of urea groups is 1. The average molecular weight is 330 g/mol. The molecule has 8 nitrogen and oxygen atoms in total. The summed E-state index contributed by atoms with van der Waals surface area (Å²) >= 11 is 0. The van der Waals surface area contributed by atoms with Gasteiger partial charge in [-0.1, -0.05) is 0 Å². The second-order valence-electron chi connectivity index (χ2n) is 5.22. The summed E-state index contributed by atoms with van der Waals surface area (Å²) in [4.78, 5) is 36.7. The normalized spacial score (nSPS) is 16.4. The van der Waals surface area contributed by atoms with E-state index in [9.17, 15) is 14.4 Å². The third kappa shape index (κ3) is 4.23. The second kappa shape index (κ2) is 7.97. The lowest BCUT2D eigenvalue weighted by molar-refractivity contribution is -0.140. The van der Waals surface area contributed by atoms with Crippen molar-refractivity contribution < 1.29 is 19.1 Å². The van der Waals surface area contributed by atoms with Crippen molar-refractivity contribution in [3.05, 3.63) is 29.8 Å². The van der Waals surface area contributed by atoms with Crippen LogP contribution in [0.1, 0.15) is 18.4 Å². The summed E-state index contributed by atoms with van der Waals surface area (Å²) in [6, 6.07) is 7.60. The van der Waals surface area contributed by atoms with Crippen molar-refractivity contribution in [1.29, 1.82) is 5.26 Å². The zero-order valence-corrected chi connectivity index (χ0v) is 13.2. The number of esters is 1. The van der Waals surface area contributed by atoms with Gasteiger partial charge in [-0.3, -0.25) is 9.59 Å². The molecule has 2 rings (SSSR count). The number of methoxy groups -OCH3 is 1. The Morgan fingerprint density at radius 1 is 1.38 bits per heavy atom. The number of nitrogens with zero attached hydrogens (tertiary/aromatic N) is 2. The summed E-state index contributed by atoms with van der Waals surface area (Å²) in [5.41, 5.74) is 1.21. The van der Waals surface area contributed by atoms with Crippen molar-refractivity contribution in [3.8, 4) is 6.07 Å². The van der Waals surface area contributed by atoms with Crippen LogP contribution >= 0.6 is 0 Å². The van der Waals surface area contributed by atoms with Crippen LogP contribution in [0.2, 0.25) is 0 Å². The molecule has 1 aromatic carbocycles. The lowest BCUT2D eigenvalue weighted by atomic mass is 10.2. The van der Waals surface area contributed by atoms with Gasteiger partial charge in [-0.05, 0) is 30.7 Å². The van der Waals surface area contributed by atoms with Crippen LogP contribution in [0.5, 0.6) is 0 Å². The third-order valence-corrected chi connectivity index (χ3v) is 3.66. The Bertz CT molecular complexity index is 666. The number of ether oxygens (including phenoxy) is 1. The van der Waals surface area contributed by atoms with E-state index in [4.69, 9.17) is 5.26 Å². The van der Waals surface area contributed by atoms with Crippen LogP contribution in [0.4, 0.5) is 10.5 Å². The maximum Gasteiger partial charge on any atom is 0.315 e. The van der Waals surface area contributed by atoms with Crippen LogP contribution in [-0.2, 0) is 14.3 Å². The second-order valence-corrected chi connectivity index (χ2v) is 5.22. The van der Waals surface area contributed by atoms with E-state index in [0.29, 0.717) is 24.2 Å². The van der Waals surface area contributed by atoms with Crippen LogP contribution in [0.25, 0.3) is 0 Å². The van der Waals surface area contributed by atoms with Crippen LogP contribution in [0.3, 0.4) is 0 Å². The highest BCUT2D eigenvalue weighted by atomic mass is 16.5. The molecule has 8 heteroatoms. The molecule has 2 N–H and O–H groups in total. The van der Waals surface area contributed by atoms with Crippen LogP contribution in [0, 0.1) is 11.3 Å². The zero-order chi connectivity index (χ0) is 17.5. The fourth-order valence-corrected chi connectivity index (χ4v) is 2.38. The first-order valence-electron chi connectivity index (χ1n) is 7.48. The van der Waals surface area contributed by atoms with Gasteiger partial charge in [0, 0.05) is 18.8 Å². The average Bonchev–Trinajstić information content (AvgIpc) is 2.95. The lowest BCUT2D eigenvalue weighted by Gasteiger charge is -2.17. The van der Waals surface area contributed by atoms with E-state index in [1.807, 2.05) is 6.07 Å². The molecule has 1 saturated heterocycles. The molecule has 1 aliphatic rings. The van der Waals surface area contributed by atoms with E-state index in [-0.39, 0.29) is 18.9 Å². The summed E-state index contributed by atoms with van der Waals surface area (Å²) in [6.07, 6.45) is 0.559. The molecule has 0 unspecified atom stereocenters. The predicted molar refractivity (Wildman–Crippen MR) is 85.1 cm³/mol. The first kappa shape index (κ1) is 17.3. The SMILES string of the molecule is COC(=O)CCNC(=O)N[C@H]1CCN(c2ccc(C#N)cc2)C1=O. The van der Waals surface area contributed by atoms with Gasteiger partial charge in [0.05, 0.1) is 25.2 Å². The minimum atomic E-state index is -0.612. The number of hydrogen-bond donors (Lipinski definition) is 2. The molecular weight excluding hydrogens is 312 g/mol. The maximum absolute atomic E-state index is 12.4. The summed E-state index contributed by atoms with van der Waals surface area (Å²) in [5.74, 6) is -0.623. The van der Waals surface area contributed by atoms with Crippen LogP contribution in [0.15, 0.2) is 24.3 Å². The molecule has 3 amide bonds. The van der Waals surface area contributed by atoms with Crippen molar-refractivity contribution in [3.63, 3.8) is 0 Å². The highest BCUT2D eigenvalue weighted by Gasteiger charge is 2.33. The molecule has 1 atom stereocenters. The summed E-state index contributed by atoms with van der Waals surface area (Å²) in [5, 5.41) is 13.9. The number of anilines is 1. The van der Waals surface area contributed by atoms with E-state index < -0.39 is 18.0 Å². The third-order valence-electron chi connectivity index (χ3n) is 3.66. The molecule has 0 aromatic heterocycles. The van der Waals surface area contributed by atoms with Gasteiger partial charge in [0.1, 0.15) is 6.04 Å². The molecule has 0 radical (unpaired) electrons. The van der Waals surface area contributed by atoms with Gasteiger partial charge in [0.2, 0.25) is 5.91 Å². The van der Waals surface area contributed by atoms with Crippen molar-refractivity contribution in [2.45, 2.75) is 18.9 Å². The lowest BCUT2D eigenvalue weighted by Crippen LogP contribution is -2.46. The zero-order valence-electron chi connectivity index (χ0n) is 13.2. The summed E-state index contributed by atoms with van der Waals surface area (Å²) in [6.45, 7) is 0.622. The molecule has 1 fully saturated rings. The fraction of sp³-hybridized carbons (Fsp3) is 0.375. The Hall–Kier alpha value is -3.08. The number of hydrogen-bond acceptors (Lipinski definition) is 5. The van der Waals surface area contributed by atoms with Gasteiger partial charge in [0.15, 0.2) is 0 Å². The van der Waals surface area contributed by atoms with Gasteiger partial charge in [-0.15, -0.1) is 0 Å². The van der Waals surface area contributed by atoms with Gasteiger partial charge < -0.3 is 20.3 Å². The molecule has 0 saturated carbocycles. The van der Waals surface area contributed by atoms with E-state index in [1.165, 1.54) is 7.11 Å². The van der Waals surface area contributed by atoms with Crippen molar-refractivity contribution in [2.24, 2.45) is 0 Å². The first-order valence-corrected chi connectivity index (χ1v) is 7.48. The number of carbonyl (C=O) groups excluding carboxylic acids is 3. The minimum Gasteiger partial charge on any atom is -0.469 e. The Kier molecular flexibility index (Phi) is 5.73. The van der Waals surface area contributed by atoms with Gasteiger partial charge >= 0.3 is 12.0 Å². The van der Waals surface area contributed by atoms with Gasteiger partial charge in [-0.25, -0.2) is 4.79 Å². The van der Waals surface area contributed by atoms with Crippen molar-refractivity contribution in [2.75, 3.05) is 25.1 Å². The number of nitriles is 1. The molecule has 1 aromatic rings. The first-order chi connectivity index (χ1) is 11.5. The fourth-order valence-electron chi connectivity index (χ4n) is 2.38. The molecule has 0 bridgehead atoms. The standard InChI is InChI=1S/C16H18N4O4/c1-24-14(21)6-8-18-16(23)19-13-7-9-20(15(13)22)12-4-2-11(10-17)3-5-12/h2-5,13H,6-9H2,1H3,(H2,18,19,23)/t13-/m0/s1. The molecule has 0 aliphatic carbocycles. The molecule has 1 aliphatic heterocycles. The van der Waals surface area contributed by atoms with E-state index in [1.54, 1.807) is 29.2 Å². The van der Waals surface area contributed by atoms with Crippen LogP contribution < -0.4 is 15.5 Å². The number of amides is 3. The van der Waals surface area contributed by atoms with Gasteiger partial charge in [-0.2, -0.15) is 5.26 Å². The van der Waals surface area contributed by atoms with Crippen LogP contribution in [-0.4, -0.2) is 44.1 Å². The highest BCUT2D eigenvalue weighted by Crippen LogP contribution is 2.21. The summed E-state index contributed by atoms with van der Waals surface area (Å²) < 4.78 is 4.47. The summed E-state index contributed by atoms with van der Waals surface area (Å²) in [7, 11) is 1.28. The van der Waals surface area contributed by atoms with Crippen molar-refractivity contribution >= 4 is 23.6 Å². The van der Waals surface area contributed by atoms with Gasteiger partial charge in [0.25, 0.3) is 0 Å². The largest absolute Gasteiger partial charge is 0.469 e.